The maximum atomic E-state index is 8.85. The summed E-state index contributed by atoms with van der Waals surface area (Å²) < 4.78 is 0. The van der Waals surface area contributed by atoms with Crippen molar-refractivity contribution in [2.24, 2.45) is 10.8 Å². The van der Waals surface area contributed by atoms with Gasteiger partial charge >= 0.3 is 0 Å². The highest BCUT2D eigenvalue weighted by molar-refractivity contribution is 5.63. The van der Waals surface area contributed by atoms with Crippen LogP contribution in [0.1, 0.15) is 52.5 Å². The van der Waals surface area contributed by atoms with Crippen molar-refractivity contribution >= 4 is 11.5 Å². The molecule has 20 heavy (non-hydrogen) atoms. The summed E-state index contributed by atoms with van der Waals surface area (Å²) in [4.78, 5) is 4.28. The van der Waals surface area contributed by atoms with Crippen molar-refractivity contribution in [1.29, 1.82) is 5.26 Å². The predicted octanol–water partition coefficient (Wildman–Crippen LogP) is 3.55. The molecule has 0 saturated heterocycles. The summed E-state index contributed by atoms with van der Waals surface area (Å²) in [6, 6.07) is 4.10. The first kappa shape index (κ1) is 14.6. The predicted molar refractivity (Wildman–Crippen MR) is 82.2 cm³/mol. The molecule has 0 aliphatic heterocycles. The minimum atomic E-state index is 0.320. The van der Waals surface area contributed by atoms with Crippen LogP contribution in [0.15, 0.2) is 12.3 Å². The zero-order chi connectivity index (χ0) is 15.0. The van der Waals surface area contributed by atoms with Gasteiger partial charge in [0.05, 0.1) is 11.3 Å². The van der Waals surface area contributed by atoms with Crippen molar-refractivity contribution in [1.82, 2.24) is 4.98 Å². The van der Waals surface area contributed by atoms with Gasteiger partial charge < -0.3 is 11.1 Å². The Bertz CT molecular complexity index is 524. The van der Waals surface area contributed by atoms with Gasteiger partial charge in [0, 0.05) is 12.2 Å². The third-order valence-electron chi connectivity index (χ3n) is 3.94. The summed E-state index contributed by atoms with van der Waals surface area (Å²) >= 11 is 0. The number of nitrogens with one attached hydrogen (secondary N) is 1. The Kier molecular flexibility index (Phi) is 3.64. The Hall–Kier alpha value is -1.76. The maximum Gasteiger partial charge on any atom is 0.149 e. The molecule has 1 saturated carbocycles. The smallest absolute Gasteiger partial charge is 0.149 e. The van der Waals surface area contributed by atoms with E-state index in [9.17, 15) is 0 Å². The lowest BCUT2D eigenvalue weighted by atomic mass is 9.63. The van der Waals surface area contributed by atoms with Crippen LogP contribution in [-0.4, -0.2) is 11.0 Å². The largest absolute Gasteiger partial charge is 0.396 e. The average Bonchev–Trinajstić information content (AvgIpc) is 2.27. The van der Waals surface area contributed by atoms with E-state index in [4.69, 9.17) is 11.0 Å². The average molecular weight is 272 g/mol. The number of hydrogen-bond donors (Lipinski definition) is 2. The van der Waals surface area contributed by atoms with E-state index in [2.05, 4.69) is 44.1 Å². The monoisotopic (exact) mass is 272 g/mol. The van der Waals surface area contributed by atoms with Crippen LogP contribution in [0.4, 0.5) is 11.5 Å². The lowest BCUT2D eigenvalue weighted by Gasteiger charge is -2.45. The van der Waals surface area contributed by atoms with Gasteiger partial charge in [-0.1, -0.05) is 27.7 Å². The molecule has 0 radical (unpaired) electrons. The van der Waals surface area contributed by atoms with E-state index in [1.807, 2.05) is 0 Å². The highest BCUT2D eigenvalue weighted by Crippen LogP contribution is 2.46. The molecule has 1 aliphatic rings. The second kappa shape index (κ2) is 4.97. The Morgan fingerprint density at radius 2 is 1.90 bits per heavy atom. The minimum absolute atomic E-state index is 0.320. The third kappa shape index (κ3) is 3.41. The van der Waals surface area contributed by atoms with E-state index < -0.39 is 0 Å². The molecule has 4 nitrogen and oxygen atoms in total. The van der Waals surface area contributed by atoms with E-state index in [0.717, 1.165) is 12.8 Å². The van der Waals surface area contributed by atoms with Crippen LogP contribution < -0.4 is 11.1 Å². The molecule has 1 aromatic heterocycles. The lowest BCUT2D eigenvalue weighted by Crippen LogP contribution is -2.40. The molecule has 0 atom stereocenters. The molecule has 1 aliphatic carbocycles. The number of anilines is 2. The topological polar surface area (TPSA) is 74.7 Å². The van der Waals surface area contributed by atoms with E-state index >= 15 is 0 Å². The van der Waals surface area contributed by atoms with E-state index in [0.29, 0.717) is 33.9 Å². The van der Waals surface area contributed by atoms with Gasteiger partial charge in [-0.15, -0.1) is 0 Å². The molecule has 4 heteroatoms. The summed E-state index contributed by atoms with van der Waals surface area (Å²) in [6.45, 7) is 9.27. The second-order valence-corrected chi connectivity index (χ2v) is 7.53. The normalized spacial score (nSPS) is 21.1. The number of nitriles is 1. The van der Waals surface area contributed by atoms with Gasteiger partial charge in [0.2, 0.25) is 0 Å². The van der Waals surface area contributed by atoms with Crippen LogP contribution in [0.3, 0.4) is 0 Å². The number of aromatic nitrogens is 1. The molecular formula is C16H24N4. The Labute approximate surface area is 121 Å². The van der Waals surface area contributed by atoms with Crippen molar-refractivity contribution < 1.29 is 0 Å². The molecule has 1 fully saturated rings. The number of nitrogen functional groups attached to an aromatic ring is 1. The van der Waals surface area contributed by atoms with Crippen LogP contribution in [0, 0.1) is 22.2 Å². The maximum absolute atomic E-state index is 8.85. The first-order valence-electron chi connectivity index (χ1n) is 7.13. The standard InChI is InChI=1S/C16H24N4/c1-15(2)6-12(7-16(3,4)10-15)20-14-13(18)5-11(8-17)9-19-14/h5,9,12H,6-7,10,18H2,1-4H3,(H,19,20). The van der Waals surface area contributed by atoms with Crippen LogP contribution in [0.5, 0.6) is 0 Å². The molecule has 0 bridgehead atoms. The zero-order valence-corrected chi connectivity index (χ0v) is 12.8. The van der Waals surface area contributed by atoms with E-state index in [-0.39, 0.29) is 0 Å². The summed E-state index contributed by atoms with van der Waals surface area (Å²) in [5.74, 6) is 0.697. The molecule has 3 N–H and O–H groups in total. The molecule has 0 amide bonds. The highest BCUT2D eigenvalue weighted by Gasteiger charge is 2.38. The fraction of sp³-hybridized carbons (Fsp3) is 0.625. The fourth-order valence-electron chi connectivity index (χ4n) is 3.81. The number of hydrogen-bond acceptors (Lipinski definition) is 4. The van der Waals surface area contributed by atoms with Gasteiger partial charge in [-0.2, -0.15) is 5.26 Å². The second-order valence-electron chi connectivity index (χ2n) is 7.53. The van der Waals surface area contributed by atoms with Crippen LogP contribution >= 0.6 is 0 Å². The van der Waals surface area contributed by atoms with Crippen LogP contribution in [0.2, 0.25) is 0 Å². The van der Waals surface area contributed by atoms with Gasteiger partial charge in [0.15, 0.2) is 0 Å². The van der Waals surface area contributed by atoms with Crippen molar-refractivity contribution in [2.45, 2.75) is 53.0 Å². The summed E-state index contributed by atoms with van der Waals surface area (Å²) in [7, 11) is 0. The molecule has 1 aromatic rings. The highest BCUT2D eigenvalue weighted by atomic mass is 15.0. The Balaban J connectivity index is 2.16. The van der Waals surface area contributed by atoms with Crippen molar-refractivity contribution in [3.05, 3.63) is 17.8 Å². The summed E-state index contributed by atoms with van der Waals surface area (Å²) in [6.07, 6.45) is 5.02. The molecule has 0 spiro atoms. The van der Waals surface area contributed by atoms with Gasteiger partial charge in [-0.05, 0) is 36.2 Å². The molecule has 0 unspecified atom stereocenters. The Morgan fingerprint density at radius 1 is 1.30 bits per heavy atom. The molecule has 0 aromatic carbocycles. The van der Waals surface area contributed by atoms with Crippen LogP contribution in [0.25, 0.3) is 0 Å². The summed E-state index contributed by atoms with van der Waals surface area (Å²) in [5.41, 5.74) is 7.66. The summed E-state index contributed by atoms with van der Waals surface area (Å²) in [5, 5.41) is 12.3. The molecule has 1 heterocycles. The lowest BCUT2D eigenvalue weighted by molar-refractivity contribution is 0.105. The van der Waals surface area contributed by atoms with Gasteiger partial charge in [-0.3, -0.25) is 0 Å². The number of rotatable bonds is 2. The van der Waals surface area contributed by atoms with E-state index in [1.54, 1.807) is 12.3 Å². The SMILES string of the molecule is CC1(C)CC(Nc2ncc(C#N)cc2N)CC(C)(C)C1. The first-order chi connectivity index (χ1) is 9.21. The van der Waals surface area contributed by atoms with Gasteiger partial charge in [0.1, 0.15) is 11.9 Å². The fourth-order valence-corrected chi connectivity index (χ4v) is 3.81. The van der Waals surface area contributed by atoms with Gasteiger partial charge in [0.25, 0.3) is 0 Å². The van der Waals surface area contributed by atoms with Crippen molar-refractivity contribution in [2.75, 3.05) is 11.1 Å². The minimum Gasteiger partial charge on any atom is -0.396 e. The molecular weight excluding hydrogens is 248 g/mol. The van der Waals surface area contributed by atoms with Crippen molar-refractivity contribution in [3.63, 3.8) is 0 Å². The molecule has 2 rings (SSSR count). The Morgan fingerprint density at radius 3 is 2.40 bits per heavy atom. The van der Waals surface area contributed by atoms with Crippen LogP contribution in [-0.2, 0) is 0 Å². The zero-order valence-electron chi connectivity index (χ0n) is 12.8. The van der Waals surface area contributed by atoms with Gasteiger partial charge in [-0.25, -0.2) is 4.98 Å². The first-order valence-corrected chi connectivity index (χ1v) is 7.13. The quantitative estimate of drug-likeness (QED) is 0.863. The van der Waals surface area contributed by atoms with Crippen molar-refractivity contribution in [3.8, 4) is 6.07 Å². The number of pyridine rings is 1. The van der Waals surface area contributed by atoms with E-state index in [1.165, 1.54) is 6.42 Å². The number of nitrogens with two attached hydrogens (primary N) is 1. The molecule has 108 valence electrons. The third-order valence-corrected chi connectivity index (χ3v) is 3.94. The number of nitrogens with zero attached hydrogens (tertiary/aromatic N) is 2.